The minimum atomic E-state index is -4.33. The van der Waals surface area contributed by atoms with Crippen LogP contribution in [0.15, 0.2) is 18.2 Å². The van der Waals surface area contributed by atoms with E-state index < -0.39 is 11.7 Å². The topological polar surface area (TPSA) is 12.0 Å². The fraction of sp³-hybridized carbons (Fsp3) is 0.500. The zero-order chi connectivity index (χ0) is 12.5. The molecule has 94 valence electrons. The van der Waals surface area contributed by atoms with E-state index in [2.05, 4.69) is 5.32 Å². The Bertz CT molecular complexity index is 397. The van der Waals surface area contributed by atoms with Gasteiger partial charge in [-0.1, -0.05) is 17.7 Å². The summed E-state index contributed by atoms with van der Waals surface area (Å²) in [5, 5.41) is 3.44. The number of hydrogen-bond donors (Lipinski definition) is 1. The predicted octanol–water partition coefficient (Wildman–Crippen LogP) is 3.83. The highest BCUT2D eigenvalue weighted by atomic mass is 35.5. The zero-order valence-corrected chi connectivity index (χ0v) is 9.91. The summed E-state index contributed by atoms with van der Waals surface area (Å²) in [6, 6.07) is 3.63. The van der Waals surface area contributed by atoms with Crippen molar-refractivity contribution in [1.29, 1.82) is 0 Å². The Morgan fingerprint density at radius 1 is 1.29 bits per heavy atom. The average molecular weight is 264 g/mol. The Morgan fingerprint density at radius 3 is 2.59 bits per heavy atom. The second kappa shape index (κ2) is 4.86. The van der Waals surface area contributed by atoms with Crippen LogP contribution in [0.25, 0.3) is 0 Å². The lowest BCUT2D eigenvalue weighted by molar-refractivity contribution is -0.137. The Balaban J connectivity index is 2.25. The van der Waals surface area contributed by atoms with E-state index >= 15 is 0 Å². The molecule has 5 heteroatoms. The van der Waals surface area contributed by atoms with Crippen molar-refractivity contribution >= 4 is 11.6 Å². The largest absolute Gasteiger partial charge is 0.416 e. The van der Waals surface area contributed by atoms with E-state index in [9.17, 15) is 13.2 Å². The summed E-state index contributed by atoms with van der Waals surface area (Å²) in [6.07, 6.45) is -2.33. The highest BCUT2D eigenvalue weighted by Crippen LogP contribution is 2.35. The van der Waals surface area contributed by atoms with Crippen molar-refractivity contribution in [2.75, 3.05) is 13.1 Å². The average Bonchev–Trinajstić information content (AvgIpc) is 2.29. The summed E-state index contributed by atoms with van der Waals surface area (Å²) in [5.74, 6) is 0.221. The van der Waals surface area contributed by atoms with Gasteiger partial charge >= 0.3 is 6.18 Å². The van der Waals surface area contributed by atoms with Crippen LogP contribution in [0, 0.1) is 0 Å². The molecule has 1 fully saturated rings. The first kappa shape index (κ1) is 12.7. The van der Waals surface area contributed by atoms with Crippen molar-refractivity contribution in [2.45, 2.75) is 24.9 Å². The van der Waals surface area contributed by atoms with Gasteiger partial charge in [0.25, 0.3) is 0 Å². The van der Waals surface area contributed by atoms with Crippen LogP contribution in [0.3, 0.4) is 0 Å². The lowest BCUT2D eigenvalue weighted by Crippen LogP contribution is -2.28. The lowest BCUT2D eigenvalue weighted by atomic mass is 9.91. The molecule has 1 aromatic carbocycles. The van der Waals surface area contributed by atoms with Gasteiger partial charge in [0.1, 0.15) is 0 Å². The van der Waals surface area contributed by atoms with Gasteiger partial charge in [-0.05, 0) is 43.0 Å². The molecule has 1 saturated heterocycles. The van der Waals surface area contributed by atoms with E-state index in [4.69, 9.17) is 11.6 Å². The van der Waals surface area contributed by atoms with Gasteiger partial charge in [-0.15, -0.1) is 0 Å². The first-order chi connectivity index (χ1) is 7.98. The van der Waals surface area contributed by atoms with Crippen molar-refractivity contribution < 1.29 is 13.2 Å². The van der Waals surface area contributed by atoms with Gasteiger partial charge in [0, 0.05) is 11.6 Å². The third kappa shape index (κ3) is 2.93. The van der Waals surface area contributed by atoms with Crippen molar-refractivity contribution in [1.82, 2.24) is 5.32 Å². The van der Waals surface area contributed by atoms with Crippen molar-refractivity contribution in [3.63, 3.8) is 0 Å². The van der Waals surface area contributed by atoms with Gasteiger partial charge in [0.05, 0.1) is 5.56 Å². The van der Waals surface area contributed by atoms with Crippen molar-refractivity contribution in [3.05, 3.63) is 34.3 Å². The molecule has 2 rings (SSSR count). The van der Waals surface area contributed by atoms with E-state index in [0.717, 1.165) is 43.6 Å². The molecular formula is C12H13ClF3N. The number of rotatable bonds is 1. The van der Waals surface area contributed by atoms with Crippen LogP contribution in [0.2, 0.25) is 5.02 Å². The summed E-state index contributed by atoms with van der Waals surface area (Å²) >= 11 is 5.94. The quantitative estimate of drug-likeness (QED) is 0.812. The monoisotopic (exact) mass is 263 g/mol. The normalized spacial score (nSPS) is 21.5. The third-order valence-corrected chi connectivity index (χ3v) is 3.39. The molecule has 17 heavy (non-hydrogen) atoms. The number of halogens is 4. The second-order valence-electron chi connectivity index (χ2n) is 4.28. The van der Waals surface area contributed by atoms with Gasteiger partial charge < -0.3 is 5.32 Å². The highest BCUT2D eigenvalue weighted by Gasteiger charge is 2.31. The summed E-state index contributed by atoms with van der Waals surface area (Å²) in [6.45, 7) is 1.75. The molecule has 1 aliphatic rings. The van der Waals surface area contributed by atoms with Gasteiger partial charge in [0.15, 0.2) is 0 Å². The summed E-state index contributed by atoms with van der Waals surface area (Å²) < 4.78 is 37.4. The maximum atomic E-state index is 12.5. The van der Waals surface area contributed by atoms with E-state index in [-0.39, 0.29) is 10.9 Å². The maximum Gasteiger partial charge on any atom is 0.416 e. The molecule has 0 radical (unpaired) electrons. The van der Waals surface area contributed by atoms with Crippen LogP contribution in [0.5, 0.6) is 0 Å². The molecule has 1 aromatic rings. The fourth-order valence-corrected chi connectivity index (χ4v) is 2.49. The first-order valence-electron chi connectivity index (χ1n) is 5.56. The van der Waals surface area contributed by atoms with Gasteiger partial charge in [-0.25, -0.2) is 0 Å². The molecule has 0 aliphatic carbocycles. The van der Waals surface area contributed by atoms with E-state index in [1.807, 2.05) is 0 Å². The molecular weight excluding hydrogens is 251 g/mol. The van der Waals surface area contributed by atoms with Crippen LogP contribution in [-0.2, 0) is 6.18 Å². The number of benzene rings is 1. The highest BCUT2D eigenvalue weighted by molar-refractivity contribution is 6.31. The Kier molecular flexibility index (Phi) is 3.64. The SMILES string of the molecule is FC(F)(F)c1ccc([C@@H]2CCCNC2)c(Cl)c1. The van der Waals surface area contributed by atoms with Crippen LogP contribution in [0.4, 0.5) is 13.2 Å². The molecule has 1 N–H and O–H groups in total. The van der Waals surface area contributed by atoms with Gasteiger partial charge in [-0.2, -0.15) is 13.2 Å². The molecule has 1 heterocycles. The minimum absolute atomic E-state index is 0.216. The fourth-order valence-electron chi connectivity index (χ4n) is 2.15. The number of hydrogen-bond acceptors (Lipinski definition) is 1. The van der Waals surface area contributed by atoms with Crippen LogP contribution in [-0.4, -0.2) is 13.1 Å². The summed E-state index contributed by atoms with van der Waals surface area (Å²) in [4.78, 5) is 0. The second-order valence-corrected chi connectivity index (χ2v) is 4.68. The zero-order valence-electron chi connectivity index (χ0n) is 9.15. The molecule has 0 spiro atoms. The van der Waals surface area contributed by atoms with Crippen LogP contribution >= 0.6 is 11.6 Å². The van der Waals surface area contributed by atoms with Crippen molar-refractivity contribution in [2.24, 2.45) is 0 Å². The van der Waals surface area contributed by atoms with Crippen LogP contribution < -0.4 is 5.32 Å². The molecule has 0 saturated carbocycles. The van der Waals surface area contributed by atoms with Crippen molar-refractivity contribution in [3.8, 4) is 0 Å². The predicted molar refractivity (Wildman–Crippen MR) is 61.3 cm³/mol. The molecule has 1 aliphatic heterocycles. The Morgan fingerprint density at radius 2 is 2.06 bits per heavy atom. The van der Waals surface area contributed by atoms with E-state index in [1.165, 1.54) is 6.07 Å². The molecule has 0 aromatic heterocycles. The molecule has 0 amide bonds. The molecule has 1 nitrogen and oxygen atoms in total. The van der Waals surface area contributed by atoms with E-state index in [1.54, 1.807) is 0 Å². The standard InChI is InChI=1S/C12H13ClF3N/c13-11-6-9(12(14,15)16)3-4-10(11)8-2-1-5-17-7-8/h3-4,6,8,17H,1-2,5,7H2/t8-/m1/s1. The first-order valence-corrected chi connectivity index (χ1v) is 5.93. The summed E-state index contributed by atoms with van der Waals surface area (Å²) in [5.41, 5.74) is 0.127. The van der Waals surface area contributed by atoms with E-state index in [0.29, 0.717) is 0 Å². The molecule has 1 atom stereocenters. The van der Waals surface area contributed by atoms with Gasteiger partial charge in [-0.3, -0.25) is 0 Å². The number of alkyl halides is 3. The number of nitrogens with one attached hydrogen (secondary N) is 1. The smallest absolute Gasteiger partial charge is 0.316 e. The minimum Gasteiger partial charge on any atom is -0.316 e. The summed E-state index contributed by atoms with van der Waals surface area (Å²) in [7, 11) is 0. The number of piperidine rings is 1. The Labute approximate surface area is 103 Å². The lowest BCUT2D eigenvalue weighted by Gasteiger charge is -2.24. The maximum absolute atomic E-state index is 12.5. The third-order valence-electron chi connectivity index (χ3n) is 3.06. The molecule has 0 bridgehead atoms. The van der Waals surface area contributed by atoms with Gasteiger partial charge in [0.2, 0.25) is 0 Å². The molecule has 0 unspecified atom stereocenters. The van der Waals surface area contributed by atoms with Crippen LogP contribution in [0.1, 0.15) is 29.9 Å². The Hall–Kier alpha value is -0.740.